The van der Waals surface area contributed by atoms with Gasteiger partial charge in [-0.2, -0.15) is 0 Å². The summed E-state index contributed by atoms with van der Waals surface area (Å²) in [5.41, 5.74) is 1.80. The minimum atomic E-state index is -0.467. The van der Waals surface area contributed by atoms with Crippen LogP contribution >= 0.6 is 0 Å². The molecule has 0 spiro atoms. The molecular weight excluding hydrogens is 384 g/mol. The van der Waals surface area contributed by atoms with Crippen LogP contribution in [-0.4, -0.2) is 48.4 Å². The second-order valence-corrected chi connectivity index (χ2v) is 9.30. The number of ether oxygens (including phenoxy) is 2. The van der Waals surface area contributed by atoms with E-state index in [4.69, 9.17) is 9.47 Å². The van der Waals surface area contributed by atoms with Crippen molar-refractivity contribution in [3.8, 4) is 5.75 Å². The maximum Gasteiger partial charge on any atom is 0.224 e. The fourth-order valence-corrected chi connectivity index (χ4v) is 4.62. The van der Waals surface area contributed by atoms with Gasteiger partial charge in [-0.1, -0.05) is 0 Å². The highest BCUT2D eigenvalue weighted by Gasteiger charge is 2.46. The number of amides is 2. The molecule has 1 saturated heterocycles. The van der Waals surface area contributed by atoms with Crippen molar-refractivity contribution in [3.63, 3.8) is 0 Å². The minimum absolute atomic E-state index is 0.00210. The van der Waals surface area contributed by atoms with Crippen LogP contribution in [0.25, 0.3) is 0 Å². The van der Waals surface area contributed by atoms with Crippen molar-refractivity contribution in [2.24, 2.45) is 11.8 Å². The van der Waals surface area contributed by atoms with Crippen LogP contribution in [0.3, 0.4) is 0 Å². The van der Waals surface area contributed by atoms with E-state index in [-0.39, 0.29) is 36.5 Å². The first-order valence-corrected chi connectivity index (χ1v) is 11.2. The van der Waals surface area contributed by atoms with Crippen molar-refractivity contribution in [3.05, 3.63) is 23.8 Å². The topological polar surface area (TPSA) is 96.9 Å². The highest BCUT2D eigenvalue weighted by molar-refractivity contribution is 5.91. The van der Waals surface area contributed by atoms with Crippen molar-refractivity contribution >= 4 is 17.5 Å². The Bertz CT molecular complexity index is 820. The molecule has 7 heteroatoms. The molecule has 2 heterocycles. The molecule has 2 aliphatic carbocycles. The number of carbonyl (C=O) groups is 2. The summed E-state index contributed by atoms with van der Waals surface area (Å²) < 4.78 is 12.1. The number of aliphatic hydroxyl groups is 1. The molecule has 1 aromatic carbocycles. The minimum Gasteiger partial charge on any atom is -0.487 e. The van der Waals surface area contributed by atoms with Gasteiger partial charge in [0.25, 0.3) is 0 Å². The average molecular weight is 415 g/mol. The second-order valence-electron chi connectivity index (χ2n) is 9.30. The van der Waals surface area contributed by atoms with Crippen LogP contribution in [0.2, 0.25) is 0 Å². The zero-order chi connectivity index (χ0) is 20.7. The zero-order valence-electron chi connectivity index (χ0n) is 17.1. The van der Waals surface area contributed by atoms with E-state index in [0.717, 1.165) is 36.4 Å². The Morgan fingerprint density at radius 2 is 1.87 bits per heavy atom. The van der Waals surface area contributed by atoms with E-state index >= 15 is 0 Å². The molecule has 2 amide bonds. The quantitative estimate of drug-likeness (QED) is 0.607. The fraction of sp³-hybridized carbons (Fsp3) is 0.652. The van der Waals surface area contributed by atoms with E-state index in [1.165, 1.54) is 12.8 Å². The summed E-state index contributed by atoms with van der Waals surface area (Å²) in [6, 6.07) is 5.72. The van der Waals surface area contributed by atoms with Gasteiger partial charge in [-0.05, 0) is 62.1 Å². The maximum atomic E-state index is 12.3. The zero-order valence-corrected chi connectivity index (χ0v) is 17.1. The largest absolute Gasteiger partial charge is 0.487 e. The SMILES string of the molecule is O=C(C[C@@H]1C[C@@H]2c3cc(NC(=O)CC4CC4)ccc3O[C@@H]2[C@@H](CO)O1)NCC1CC1. The van der Waals surface area contributed by atoms with Crippen LogP contribution in [-0.2, 0) is 14.3 Å². The number of anilines is 1. The van der Waals surface area contributed by atoms with Crippen LogP contribution in [0.15, 0.2) is 18.2 Å². The third-order valence-electron chi connectivity index (χ3n) is 6.65. The Labute approximate surface area is 176 Å². The summed E-state index contributed by atoms with van der Waals surface area (Å²) in [6.45, 7) is 0.594. The smallest absolute Gasteiger partial charge is 0.224 e. The average Bonchev–Trinajstić information content (AvgIpc) is 3.65. The van der Waals surface area contributed by atoms with Gasteiger partial charge in [-0.15, -0.1) is 0 Å². The van der Waals surface area contributed by atoms with Gasteiger partial charge in [0.05, 0.1) is 19.1 Å². The number of carbonyl (C=O) groups excluding carboxylic acids is 2. The van der Waals surface area contributed by atoms with Crippen LogP contribution in [0, 0.1) is 11.8 Å². The predicted molar refractivity (Wildman–Crippen MR) is 110 cm³/mol. The third kappa shape index (κ3) is 4.47. The van der Waals surface area contributed by atoms with Crippen molar-refractivity contribution < 1.29 is 24.2 Å². The molecule has 0 radical (unpaired) electrons. The van der Waals surface area contributed by atoms with Gasteiger partial charge in [-0.3, -0.25) is 9.59 Å². The van der Waals surface area contributed by atoms with E-state index in [1.54, 1.807) is 0 Å². The first-order chi connectivity index (χ1) is 14.6. The monoisotopic (exact) mass is 414 g/mol. The number of rotatable bonds is 8. The molecule has 7 nitrogen and oxygen atoms in total. The molecule has 5 rings (SSSR count). The fourth-order valence-electron chi connectivity index (χ4n) is 4.62. The van der Waals surface area contributed by atoms with Crippen molar-refractivity contribution in [2.75, 3.05) is 18.5 Å². The van der Waals surface area contributed by atoms with E-state index in [1.807, 2.05) is 18.2 Å². The van der Waals surface area contributed by atoms with Crippen LogP contribution in [0.1, 0.15) is 56.4 Å². The summed E-state index contributed by atoms with van der Waals surface area (Å²) in [4.78, 5) is 24.5. The highest BCUT2D eigenvalue weighted by atomic mass is 16.6. The van der Waals surface area contributed by atoms with Gasteiger partial charge in [0, 0.05) is 30.1 Å². The molecule has 0 aromatic heterocycles. The number of aliphatic hydroxyl groups excluding tert-OH is 1. The second kappa shape index (κ2) is 8.19. The molecule has 30 heavy (non-hydrogen) atoms. The number of hydrogen-bond acceptors (Lipinski definition) is 5. The van der Waals surface area contributed by atoms with Crippen LogP contribution in [0.5, 0.6) is 5.75 Å². The Morgan fingerprint density at radius 3 is 2.60 bits per heavy atom. The standard InChI is InChI=1S/C23H30N2O5/c26-12-20-23-18(9-16(29-20)10-21(27)24-11-14-3-4-14)17-8-15(5-6-19(17)30-23)25-22(28)7-13-1-2-13/h5-6,8,13-14,16,18,20,23,26H,1-4,7,9-12H2,(H,24,27)(H,25,28)/t16-,18+,20+,23-/m0/s1. The lowest BCUT2D eigenvalue weighted by Crippen LogP contribution is -2.47. The molecule has 4 aliphatic rings. The van der Waals surface area contributed by atoms with Gasteiger partial charge in [0.15, 0.2) is 0 Å². The van der Waals surface area contributed by atoms with Crippen LogP contribution in [0.4, 0.5) is 5.69 Å². The van der Waals surface area contributed by atoms with Crippen molar-refractivity contribution in [1.82, 2.24) is 5.32 Å². The summed E-state index contributed by atoms with van der Waals surface area (Å²) in [5.74, 6) is 2.04. The van der Waals surface area contributed by atoms with Gasteiger partial charge in [-0.25, -0.2) is 0 Å². The van der Waals surface area contributed by atoms with E-state index in [2.05, 4.69) is 10.6 Å². The van der Waals surface area contributed by atoms with E-state index < -0.39 is 6.10 Å². The number of benzene rings is 1. The molecule has 1 aromatic rings. The summed E-state index contributed by atoms with van der Waals surface area (Å²) in [7, 11) is 0. The van der Waals surface area contributed by atoms with Gasteiger partial charge in [0.2, 0.25) is 11.8 Å². The molecule has 2 saturated carbocycles. The van der Waals surface area contributed by atoms with Gasteiger partial charge >= 0.3 is 0 Å². The summed E-state index contributed by atoms with van der Waals surface area (Å²) in [6.07, 6.45) is 5.22. The lowest BCUT2D eigenvalue weighted by atomic mass is 9.84. The first-order valence-electron chi connectivity index (χ1n) is 11.2. The van der Waals surface area contributed by atoms with Crippen molar-refractivity contribution in [1.29, 1.82) is 0 Å². The van der Waals surface area contributed by atoms with Crippen molar-refractivity contribution in [2.45, 2.75) is 69.2 Å². The van der Waals surface area contributed by atoms with Gasteiger partial charge < -0.3 is 25.2 Å². The first kappa shape index (κ1) is 19.8. The summed E-state index contributed by atoms with van der Waals surface area (Å²) >= 11 is 0. The molecule has 3 fully saturated rings. The summed E-state index contributed by atoms with van der Waals surface area (Å²) in [5, 5.41) is 15.8. The predicted octanol–water partition coefficient (Wildman–Crippen LogP) is 2.34. The normalized spacial score (nSPS) is 29.5. The molecule has 0 bridgehead atoms. The lowest BCUT2D eigenvalue weighted by Gasteiger charge is -2.37. The number of hydrogen-bond donors (Lipinski definition) is 3. The highest BCUT2D eigenvalue weighted by Crippen LogP contribution is 2.47. The van der Waals surface area contributed by atoms with Gasteiger partial charge in [0.1, 0.15) is 18.0 Å². The Morgan fingerprint density at radius 1 is 1.07 bits per heavy atom. The Balaban J connectivity index is 1.26. The number of fused-ring (bicyclic) bond motifs is 3. The lowest BCUT2D eigenvalue weighted by molar-refractivity contribution is -0.142. The molecule has 0 unspecified atom stereocenters. The molecule has 2 aliphatic heterocycles. The molecular formula is C23H30N2O5. The Hall–Kier alpha value is -2.12. The third-order valence-corrected chi connectivity index (χ3v) is 6.65. The molecule has 4 atom stereocenters. The van der Waals surface area contributed by atoms with E-state index in [9.17, 15) is 14.7 Å². The van der Waals surface area contributed by atoms with Crippen LogP contribution < -0.4 is 15.4 Å². The number of nitrogens with one attached hydrogen (secondary N) is 2. The molecule has 162 valence electrons. The molecule has 3 N–H and O–H groups in total. The van der Waals surface area contributed by atoms with E-state index in [0.29, 0.717) is 31.1 Å². The maximum absolute atomic E-state index is 12.3. The Kier molecular flexibility index (Phi) is 5.41.